The molecule has 9 nitrogen and oxygen atoms in total. The maximum absolute atomic E-state index is 16.4. The van der Waals surface area contributed by atoms with Crippen LogP contribution in [0.15, 0.2) is 70.0 Å². The Balaban J connectivity index is 0.000000671. The number of fused-ring (bicyclic) bond motifs is 3. The Labute approximate surface area is 283 Å². The molecule has 0 spiro atoms. The van der Waals surface area contributed by atoms with Gasteiger partial charge in [0.1, 0.15) is 5.75 Å². The van der Waals surface area contributed by atoms with Gasteiger partial charge in [-0.2, -0.15) is 26.3 Å². The molecule has 2 unspecified atom stereocenters. The van der Waals surface area contributed by atoms with E-state index >= 15 is 8.78 Å². The standard InChI is InChI=1S/C30H34BrF2N3O4S.C2HF3O2/c1-18(2)40-26-12-4-20-15-27(13-5-19(20)14-26)41(38,39)35(3)28(30(32,33)21-6-8-22(31)9-7-21)29(37)36-24-10-11-25(36)17-23(34)16-24;3-2(4,5)1(6)7/h4-9,12-15,18,23-25,28H,10-11,16-17,34H2,1-3H3;(H,6,7)/t23?,24?,25?,28-;/m1./s1. The van der Waals surface area contributed by atoms with E-state index < -0.39 is 45.6 Å². The van der Waals surface area contributed by atoms with Gasteiger partial charge in [-0.1, -0.05) is 40.2 Å². The maximum atomic E-state index is 16.4. The predicted molar refractivity (Wildman–Crippen MR) is 171 cm³/mol. The number of carbonyl (C=O) groups is 2. The van der Waals surface area contributed by atoms with Crippen molar-refractivity contribution in [3.63, 3.8) is 0 Å². The van der Waals surface area contributed by atoms with Crippen LogP contribution in [0.1, 0.15) is 45.1 Å². The summed E-state index contributed by atoms with van der Waals surface area (Å²) in [6.07, 6.45) is -2.80. The van der Waals surface area contributed by atoms with Crippen LogP contribution in [0.4, 0.5) is 22.0 Å². The third kappa shape index (κ3) is 8.09. The minimum absolute atomic E-state index is 0.0338. The number of benzene rings is 3. The Hall–Kier alpha value is -3.34. The molecule has 0 aliphatic carbocycles. The minimum Gasteiger partial charge on any atom is -0.491 e. The monoisotopic (exact) mass is 763 g/mol. The summed E-state index contributed by atoms with van der Waals surface area (Å²) in [6, 6.07) is 12.0. The number of alkyl halides is 5. The molecule has 2 heterocycles. The van der Waals surface area contributed by atoms with Gasteiger partial charge in [-0.3, -0.25) is 4.79 Å². The van der Waals surface area contributed by atoms with Crippen molar-refractivity contribution < 1.29 is 49.8 Å². The highest BCUT2D eigenvalue weighted by Crippen LogP contribution is 2.42. The summed E-state index contributed by atoms with van der Waals surface area (Å²) >= 11 is 3.25. The SMILES string of the molecule is CC(C)Oc1ccc2cc(S(=O)(=O)N(C)[C@H](C(=O)N3C4CCC3CC(N)C4)C(F)(F)c3ccc(Br)cc3)ccc2c1.O=C(O)C(F)(F)F. The fraction of sp³-hybridized carbons (Fsp3) is 0.438. The van der Waals surface area contributed by atoms with Gasteiger partial charge in [-0.25, -0.2) is 13.2 Å². The van der Waals surface area contributed by atoms with E-state index in [1.54, 1.807) is 24.3 Å². The number of nitrogens with zero attached hydrogens (tertiary/aromatic N) is 2. The number of ether oxygens (including phenoxy) is 1. The molecule has 16 heteroatoms. The average molecular weight is 765 g/mol. The number of piperidine rings is 1. The molecule has 2 saturated heterocycles. The molecule has 0 aromatic heterocycles. The first-order chi connectivity index (χ1) is 22.2. The van der Waals surface area contributed by atoms with Crippen molar-refractivity contribution in [2.24, 2.45) is 5.73 Å². The third-order valence-corrected chi connectivity index (χ3v) is 10.6. The molecule has 1 amide bonds. The summed E-state index contributed by atoms with van der Waals surface area (Å²) in [6.45, 7) is 3.81. The molecule has 2 fully saturated rings. The summed E-state index contributed by atoms with van der Waals surface area (Å²) < 4.78 is 99.3. The molecule has 5 rings (SSSR count). The number of halogens is 6. The molecule has 2 bridgehead atoms. The minimum atomic E-state index is -5.08. The molecule has 2 aliphatic rings. The van der Waals surface area contributed by atoms with Crippen LogP contribution >= 0.6 is 15.9 Å². The average Bonchev–Trinajstić information content (AvgIpc) is 3.27. The lowest BCUT2D eigenvalue weighted by Crippen LogP contribution is -2.61. The van der Waals surface area contributed by atoms with Gasteiger partial charge in [0.25, 0.3) is 5.92 Å². The van der Waals surface area contributed by atoms with Crippen LogP contribution in [0.2, 0.25) is 0 Å². The topological polar surface area (TPSA) is 130 Å². The number of hydrogen-bond donors (Lipinski definition) is 2. The first kappa shape index (κ1) is 37.5. The number of nitrogens with two attached hydrogens (primary N) is 1. The van der Waals surface area contributed by atoms with Crippen LogP contribution in [0.5, 0.6) is 5.75 Å². The lowest BCUT2D eigenvalue weighted by molar-refractivity contribution is -0.192. The van der Waals surface area contributed by atoms with E-state index in [0.717, 1.165) is 12.4 Å². The van der Waals surface area contributed by atoms with E-state index in [2.05, 4.69) is 15.9 Å². The molecule has 262 valence electrons. The predicted octanol–water partition coefficient (Wildman–Crippen LogP) is 6.28. The summed E-state index contributed by atoms with van der Waals surface area (Å²) in [5.41, 5.74) is 5.72. The highest BCUT2D eigenvalue weighted by atomic mass is 79.9. The molecule has 48 heavy (non-hydrogen) atoms. The molecular weight excluding hydrogens is 729 g/mol. The lowest BCUT2D eigenvalue weighted by atomic mass is 9.94. The zero-order chi connectivity index (χ0) is 35.8. The smallest absolute Gasteiger partial charge is 0.490 e. The summed E-state index contributed by atoms with van der Waals surface area (Å²) in [5.74, 6) is -6.85. The number of carbonyl (C=O) groups excluding carboxylic acids is 1. The van der Waals surface area contributed by atoms with Crippen LogP contribution < -0.4 is 10.5 Å². The number of sulfonamides is 1. The van der Waals surface area contributed by atoms with Crippen molar-refractivity contribution in [3.8, 4) is 5.75 Å². The fourth-order valence-electron chi connectivity index (χ4n) is 6.10. The summed E-state index contributed by atoms with van der Waals surface area (Å²) in [4.78, 5) is 24.3. The van der Waals surface area contributed by atoms with Gasteiger partial charge >= 0.3 is 12.1 Å². The second kappa shape index (κ2) is 14.3. The van der Waals surface area contributed by atoms with E-state index in [1.165, 1.54) is 41.3 Å². The fourth-order valence-corrected chi connectivity index (χ4v) is 7.71. The van der Waals surface area contributed by atoms with E-state index in [-0.39, 0.29) is 29.1 Å². The largest absolute Gasteiger partial charge is 0.491 e. The van der Waals surface area contributed by atoms with E-state index in [1.807, 2.05) is 13.8 Å². The molecule has 3 aromatic rings. The maximum Gasteiger partial charge on any atom is 0.490 e. The van der Waals surface area contributed by atoms with Gasteiger partial charge < -0.3 is 20.5 Å². The van der Waals surface area contributed by atoms with Crippen molar-refractivity contribution in [3.05, 3.63) is 70.7 Å². The molecular formula is C32H35BrF5N3O6S. The van der Waals surface area contributed by atoms with Crippen LogP contribution in [0.25, 0.3) is 10.8 Å². The third-order valence-electron chi connectivity index (χ3n) is 8.27. The number of likely N-dealkylation sites (N-methyl/N-ethyl adjacent to an activating group) is 1. The van der Waals surface area contributed by atoms with Gasteiger partial charge in [0.15, 0.2) is 6.04 Å². The Morgan fingerprint density at radius 3 is 2.00 bits per heavy atom. The Kier molecular flexibility index (Phi) is 11.1. The Morgan fingerprint density at radius 2 is 1.48 bits per heavy atom. The van der Waals surface area contributed by atoms with Crippen LogP contribution in [-0.2, 0) is 25.5 Å². The summed E-state index contributed by atoms with van der Waals surface area (Å²) in [7, 11) is -3.46. The molecule has 3 N–H and O–H groups in total. The van der Waals surface area contributed by atoms with Gasteiger partial charge in [0.2, 0.25) is 15.9 Å². The first-order valence-corrected chi connectivity index (χ1v) is 17.2. The van der Waals surface area contributed by atoms with Crippen LogP contribution in [-0.4, -0.2) is 78.1 Å². The Bertz CT molecular complexity index is 1740. The van der Waals surface area contributed by atoms with E-state index in [9.17, 15) is 26.4 Å². The van der Waals surface area contributed by atoms with Crippen molar-refractivity contribution in [2.45, 2.75) is 86.8 Å². The van der Waals surface area contributed by atoms with Crippen molar-refractivity contribution in [1.29, 1.82) is 0 Å². The van der Waals surface area contributed by atoms with Crippen molar-refractivity contribution in [1.82, 2.24) is 9.21 Å². The molecule has 2 aliphatic heterocycles. The zero-order valence-corrected chi connectivity index (χ0v) is 28.5. The number of carboxylic acids is 1. The molecule has 0 radical (unpaired) electrons. The molecule has 0 saturated carbocycles. The first-order valence-electron chi connectivity index (χ1n) is 14.9. The van der Waals surface area contributed by atoms with Gasteiger partial charge in [-0.15, -0.1) is 0 Å². The highest BCUT2D eigenvalue weighted by Gasteiger charge is 2.56. The molecule has 3 aromatic carbocycles. The number of amides is 1. The van der Waals surface area contributed by atoms with E-state index in [4.69, 9.17) is 20.4 Å². The van der Waals surface area contributed by atoms with Gasteiger partial charge in [-0.05, 0) is 86.7 Å². The second-order valence-electron chi connectivity index (χ2n) is 12.1. The Morgan fingerprint density at radius 1 is 0.958 bits per heavy atom. The van der Waals surface area contributed by atoms with E-state index in [0.29, 0.717) is 45.6 Å². The van der Waals surface area contributed by atoms with Gasteiger partial charge in [0.05, 0.1) is 11.0 Å². The highest BCUT2D eigenvalue weighted by molar-refractivity contribution is 9.10. The lowest BCUT2D eigenvalue weighted by Gasteiger charge is -2.42. The number of hydrogen-bond acceptors (Lipinski definition) is 6. The summed E-state index contributed by atoms with van der Waals surface area (Å²) in [5, 5.41) is 8.46. The molecule has 3 atom stereocenters. The van der Waals surface area contributed by atoms with Crippen molar-refractivity contribution in [2.75, 3.05) is 7.05 Å². The van der Waals surface area contributed by atoms with Crippen LogP contribution in [0.3, 0.4) is 0 Å². The van der Waals surface area contributed by atoms with Crippen LogP contribution in [0, 0.1) is 0 Å². The quantitative estimate of drug-likeness (QED) is 0.258. The zero-order valence-electron chi connectivity index (χ0n) is 26.1. The second-order valence-corrected chi connectivity index (χ2v) is 15.0. The number of rotatable bonds is 8. The van der Waals surface area contributed by atoms with Gasteiger partial charge in [0, 0.05) is 35.2 Å². The number of aliphatic carboxylic acids is 1. The number of carboxylic acid groups (broad SMARTS) is 1. The van der Waals surface area contributed by atoms with Crippen molar-refractivity contribution >= 4 is 48.6 Å². The normalized spacial score (nSPS) is 20.4.